The highest BCUT2D eigenvalue weighted by molar-refractivity contribution is 5.85. The first-order valence-electron chi connectivity index (χ1n) is 5.41. The summed E-state index contributed by atoms with van der Waals surface area (Å²) in [4.78, 5) is 4.03. The predicted molar refractivity (Wildman–Crippen MR) is 64.8 cm³/mol. The number of pyridine rings is 1. The maximum atomic E-state index is 5.65. The molecule has 0 fully saturated rings. The van der Waals surface area contributed by atoms with Gasteiger partial charge in [-0.2, -0.15) is 0 Å². The van der Waals surface area contributed by atoms with E-state index in [4.69, 9.17) is 9.15 Å². The van der Waals surface area contributed by atoms with Crippen LogP contribution >= 0.6 is 0 Å². The van der Waals surface area contributed by atoms with Crippen molar-refractivity contribution in [3.05, 3.63) is 60.6 Å². The quantitative estimate of drug-likeness (QED) is 0.685. The first-order chi connectivity index (χ1) is 8.43. The van der Waals surface area contributed by atoms with Gasteiger partial charge in [-0.1, -0.05) is 30.3 Å². The van der Waals surface area contributed by atoms with Gasteiger partial charge >= 0.3 is 0 Å². The van der Waals surface area contributed by atoms with Crippen molar-refractivity contribution >= 4 is 10.8 Å². The molecule has 0 aliphatic rings. The lowest BCUT2D eigenvalue weighted by molar-refractivity contribution is 0.236. The lowest BCUT2D eigenvalue weighted by atomic mass is 10.2. The van der Waals surface area contributed by atoms with Crippen molar-refractivity contribution in [3.8, 4) is 5.95 Å². The average Bonchev–Trinajstić information content (AvgIpc) is 2.81. The SMILES string of the molecule is c1ccc(COc2occ3cnccc23)cc1. The highest BCUT2D eigenvalue weighted by Gasteiger charge is 2.06. The Morgan fingerprint density at radius 1 is 1.12 bits per heavy atom. The minimum Gasteiger partial charge on any atom is -0.460 e. The summed E-state index contributed by atoms with van der Waals surface area (Å²) in [5.41, 5.74) is 1.12. The molecule has 0 saturated carbocycles. The van der Waals surface area contributed by atoms with Crippen LogP contribution in [0.25, 0.3) is 10.8 Å². The predicted octanol–water partition coefficient (Wildman–Crippen LogP) is 3.41. The number of aromatic nitrogens is 1. The molecule has 0 aliphatic carbocycles. The first-order valence-corrected chi connectivity index (χ1v) is 5.41. The Morgan fingerprint density at radius 3 is 2.88 bits per heavy atom. The molecule has 0 bridgehead atoms. The Hall–Kier alpha value is -2.29. The van der Waals surface area contributed by atoms with E-state index in [0.29, 0.717) is 12.6 Å². The summed E-state index contributed by atoms with van der Waals surface area (Å²) in [7, 11) is 0. The highest BCUT2D eigenvalue weighted by Crippen LogP contribution is 2.27. The van der Waals surface area contributed by atoms with E-state index in [0.717, 1.165) is 16.3 Å². The van der Waals surface area contributed by atoms with Crippen LogP contribution in [0.15, 0.2) is 59.5 Å². The second-order valence-corrected chi connectivity index (χ2v) is 3.76. The molecule has 0 saturated heterocycles. The van der Waals surface area contributed by atoms with Crippen molar-refractivity contribution in [2.24, 2.45) is 0 Å². The Balaban J connectivity index is 1.82. The van der Waals surface area contributed by atoms with Crippen molar-refractivity contribution in [3.63, 3.8) is 0 Å². The fraction of sp³-hybridized carbons (Fsp3) is 0.0714. The summed E-state index contributed by atoms with van der Waals surface area (Å²) < 4.78 is 11.0. The lowest BCUT2D eigenvalue weighted by Gasteiger charge is -2.02. The number of rotatable bonds is 3. The molecule has 0 atom stereocenters. The van der Waals surface area contributed by atoms with E-state index < -0.39 is 0 Å². The van der Waals surface area contributed by atoms with Crippen molar-refractivity contribution < 1.29 is 9.15 Å². The first kappa shape index (κ1) is 9.90. The van der Waals surface area contributed by atoms with Crippen LogP contribution in [0, 0.1) is 0 Å². The molecule has 3 rings (SSSR count). The van der Waals surface area contributed by atoms with E-state index in [1.54, 1.807) is 18.7 Å². The second-order valence-electron chi connectivity index (χ2n) is 3.76. The van der Waals surface area contributed by atoms with Gasteiger partial charge in [0.05, 0.1) is 5.39 Å². The van der Waals surface area contributed by atoms with Crippen LogP contribution < -0.4 is 4.74 Å². The number of furan rings is 1. The van der Waals surface area contributed by atoms with Crippen LogP contribution in [0.4, 0.5) is 0 Å². The van der Waals surface area contributed by atoms with E-state index in [1.165, 1.54) is 0 Å². The zero-order valence-electron chi connectivity index (χ0n) is 9.17. The molecule has 0 amide bonds. The molecule has 2 heterocycles. The van der Waals surface area contributed by atoms with Gasteiger partial charge in [0.1, 0.15) is 12.9 Å². The molecule has 3 nitrogen and oxygen atoms in total. The maximum absolute atomic E-state index is 5.65. The van der Waals surface area contributed by atoms with Gasteiger partial charge < -0.3 is 9.15 Å². The van der Waals surface area contributed by atoms with E-state index in [9.17, 15) is 0 Å². The number of benzene rings is 1. The molecule has 3 aromatic rings. The number of ether oxygens (including phenoxy) is 1. The van der Waals surface area contributed by atoms with E-state index >= 15 is 0 Å². The number of fused-ring (bicyclic) bond motifs is 1. The molecule has 1 aromatic carbocycles. The van der Waals surface area contributed by atoms with Gasteiger partial charge in [-0.15, -0.1) is 0 Å². The summed E-state index contributed by atoms with van der Waals surface area (Å²) >= 11 is 0. The van der Waals surface area contributed by atoms with Crippen molar-refractivity contribution in [2.75, 3.05) is 0 Å². The van der Waals surface area contributed by atoms with E-state index in [-0.39, 0.29) is 0 Å². The van der Waals surface area contributed by atoms with Crippen LogP contribution in [0.1, 0.15) is 5.56 Å². The van der Waals surface area contributed by atoms with E-state index in [2.05, 4.69) is 4.98 Å². The number of hydrogen-bond acceptors (Lipinski definition) is 3. The molecular weight excluding hydrogens is 214 g/mol. The molecule has 0 unspecified atom stereocenters. The normalized spacial score (nSPS) is 10.6. The third-order valence-electron chi connectivity index (χ3n) is 2.58. The number of nitrogens with zero attached hydrogens (tertiary/aromatic N) is 1. The van der Waals surface area contributed by atoms with Gasteiger partial charge in [-0.25, -0.2) is 0 Å². The summed E-state index contributed by atoms with van der Waals surface area (Å²) in [6.45, 7) is 0.506. The largest absolute Gasteiger partial charge is 0.460 e. The average molecular weight is 225 g/mol. The topological polar surface area (TPSA) is 35.3 Å². The minimum absolute atomic E-state index is 0.506. The summed E-state index contributed by atoms with van der Waals surface area (Å²) in [5.74, 6) is 0.547. The monoisotopic (exact) mass is 225 g/mol. The van der Waals surface area contributed by atoms with Crippen LogP contribution in [0.2, 0.25) is 0 Å². The fourth-order valence-corrected chi connectivity index (χ4v) is 1.70. The Morgan fingerprint density at radius 2 is 2.00 bits per heavy atom. The fourth-order valence-electron chi connectivity index (χ4n) is 1.70. The summed E-state index contributed by atoms with van der Waals surface area (Å²) in [5, 5.41) is 1.91. The second kappa shape index (κ2) is 4.29. The van der Waals surface area contributed by atoms with Crippen LogP contribution in [0.3, 0.4) is 0 Å². The van der Waals surface area contributed by atoms with Crippen molar-refractivity contribution in [2.45, 2.75) is 6.61 Å². The lowest BCUT2D eigenvalue weighted by Crippen LogP contribution is -1.93. The van der Waals surface area contributed by atoms with Crippen LogP contribution in [0.5, 0.6) is 5.95 Å². The van der Waals surface area contributed by atoms with Crippen molar-refractivity contribution in [1.29, 1.82) is 0 Å². The Bertz CT molecular complexity index is 616. The summed E-state index contributed by atoms with van der Waals surface area (Å²) in [6, 6.07) is 11.9. The van der Waals surface area contributed by atoms with Gasteiger partial charge in [-0.3, -0.25) is 4.98 Å². The molecule has 0 aliphatic heterocycles. The third-order valence-corrected chi connectivity index (χ3v) is 2.58. The standard InChI is InChI=1S/C14H11NO2/c1-2-4-11(5-3-1)9-16-14-13-6-7-15-8-12(13)10-17-14/h1-8,10H,9H2. The minimum atomic E-state index is 0.506. The number of hydrogen-bond donors (Lipinski definition) is 0. The molecule has 2 aromatic heterocycles. The van der Waals surface area contributed by atoms with Gasteiger partial charge in [0.25, 0.3) is 5.95 Å². The molecule has 0 spiro atoms. The Labute approximate surface area is 98.7 Å². The summed E-state index contributed by atoms with van der Waals surface area (Å²) in [6.07, 6.45) is 5.14. The molecule has 0 N–H and O–H groups in total. The highest BCUT2D eigenvalue weighted by atomic mass is 16.6. The molecule has 0 radical (unpaired) electrons. The van der Waals surface area contributed by atoms with Gasteiger partial charge in [0.2, 0.25) is 0 Å². The zero-order chi connectivity index (χ0) is 11.5. The van der Waals surface area contributed by atoms with Gasteiger partial charge in [0.15, 0.2) is 0 Å². The van der Waals surface area contributed by atoms with E-state index in [1.807, 2.05) is 36.4 Å². The van der Waals surface area contributed by atoms with Crippen molar-refractivity contribution in [1.82, 2.24) is 4.98 Å². The Kier molecular flexibility index (Phi) is 2.50. The molecule has 84 valence electrons. The van der Waals surface area contributed by atoms with Crippen LogP contribution in [-0.4, -0.2) is 4.98 Å². The smallest absolute Gasteiger partial charge is 0.292 e. The third kappa shape index (κ3) is 1.99. The van der Waals surface area contributed by atoms with Crippen LogP contribution in [-0.2, 0) is 6.61 Å². The van der Waals surface area contributed by atoms with Gasteiger partial charge in [-0.05, 0) is 11.6 Å². The zero-order valence-corrected chi connectivity index (χ0v) is 9.17. The molecular formula is C14H11NO2. The molecule has 17 heavy (non-hydrogen) atoms. The van der Waals surface area contributed by atoms with Gasteiger partial charge in [0, 0.05) is 17.8 Å². The molecule has 3 heteroatoms. The maximum Gasteiger partial charge on any atom is 0.292 e.